The molecule has 1 saturated carbocycles. The van der Waals surface area contributed by atoms with Crippen LogP contribution < -0.4 is 21.3 Å². The van der Waals surface area contributed by atoms with E-state index in [9.17, 15) is 24.0 Å². The second-order valence-corrected chi connectivity index (χ2v) is 12.9. The highest BCUT2D eigenvalue weighted by Crippen LogP contribution is 2.28. The van der Waals surface area contributed by atoms with Crippen molar-refractivity contribution in [1.29, 1.82) is 0 Å². The summed E-state index contributed by atoms with van der Waals surface area (Å²) >= 11 is 0. The quantitative estimate of drug-likeness (QED) is 0.299. The SMILES string of the molecule is CC(C)(C)CNC(=O)C(=O)[C@H](C[C@@H]1CCCNC1=O)NC(=O)[C@H](CC1CCCCC1)NC(=O)c1cc2ccccc2o1. The van der Waals surface area contributed by atoms with Crippen LogP contribution in [0.5, 0.6) is 0 Å². The molecule has 1 aromatic carbocycles. The highest BCUT2D eigenvalue weighted by molar-refractivity contribution is 6.38. The summed E-state index contributed by atoms with van der Waals surface area (Å²) in [6.45, 7) is 6.64. The molecule has 0 spiro atoms. The van der Waals surface area contributed by atoms with E-state index in [1.54, 1.807) is 12.1 Å². The first-order valence-electron chi connectivity index (χ1n) is 15.2. The van der Waals surface area contributed by atoms with E-state index in [2.05, 4.69) is 21.3 Å². The summed E-state index contributed by atoms with van der Waals surface area (Å²) in [4.78, 5) is 65.8. The number of para-hydroxylation sites is 1. The van der Waals surface area contributed by atoms with Gasteiger partial charge >= 0.3 is 0 Å². The number of carbonyl (C=O) groups is 5. The molecule has 2 heterocycles. The Morgan fingerprint density at radius 2 is 1.69 bits per heavy atom. The molecule has 10 nitrogen and oxygen atoms in total. The van der Waals surface area contributed by atoms with Crippen LogP contribution in [0.1, 0.15) is 89.1 Å². The number of Topliss-reactive ketones (excluding diaryl/α,β-unsaturated/α-hetero) is 1. The minimum Gasteiger partial charge on any atom is -0.451 e. The summed E-state index contributed by atoms with van der Waals surface area (Å²) in [5.41, 5.74) is 0.317. The molecule has 1 aliphatic carbocycles. The van der Waals surface area contributed by atoms with E-state index >= 15 is 0 Å². The summed E-state index contributed by atoms with van der Waals surface area (Å²) < 4.78 is 5.72. The smallest absolute Gasteiger partial charge is 0.289 e. The molecular weight excluding hydrogens is 536 g/mol. The van der Waals surface area contributed by atoms with E-state index in [0.717, 1.165) is 43.9 Å². The number of carbonyl (C=O) groups excluding carboxylic acids is 5. The maximum atomic E-state index is 13.8. The second kappa shape index (κ2) is 14.0. The van der Waals surface area contributed by atoms with Crippen molar-refractivity contribution in [3.63, 3.8) is 0 Å². The number of piperidine rings is 1. The zero-order valence-corrected chi connectivity index (χ0v) is 24.9. The number of hydrogen-bond donors (Lipinski definition) is 4. The Hall–Kier alpha value is -3.69. The van der Waals surface area contributed by atoms with Gasteiger partial charge in [0.1, 0.15) is 11.6 Å². The van der Waals surface area contributed by atoms with Crippen LogP contribution in [-0.4, -0.2) is 54.6 Å². The molecule has 4 rings (SSSR count). The van der Waals surface area contributed by atoms with Gasteiger partial charge in [-0.1, -0.05) is 71.1 Å². The number of fused-ring (bicyclic) bond motifs is 1. The van der Waals surface area contributed by atoms with Gasteiger partial charge in [-0.2, -0.15) is 0 Å². The Morgan fingerprint density at radius 3 is 2.38 bits per heavy atom. The maximum Gasteiger partial charge on any atom is 0.289 e. The molecule has 1 aromatic heterocycles. The third-order valence-corrected chi connectivity index (χ3v) is 8.12. The fourth-order valence-corrected chi connectivity index (χ4v) is 5.75. The van der Waals surface area contributed by atoms with Crippen molar-refractivity contribution in [1.82, 2.24) is 21.3 Å². The Kier molecular flexibility index (Phi) is 10.4. The third-order valence-electron chi connectivity index (χ3n) is 8.12. The maximum absolute atomic E-state index is 13.8. The van der Waals surface area contributed by atoms with Gasteiger partial charge in [-0.25, -0.2) is 0 Å². The Bertz CT molecular complexity index is 1260. The highest BCUT2D eigenvalue weighted by atomic mass is 16.3. The van der Waals surface area contributed by atoms with Gasteiger partial charge in [-0.05, 0) is 49.1 Å². The lowest BCUT2D eigenvalue weighted by atomic mass is 9.84. The second-order valence-electron chi connectivity index (χ2n) is 12.9. The molecule has 0 unspecified atom stereocenters. The predicted octanol–water partition coefficient (Wildman–Crippen LogP) is 3.63. The van der Waals surface area contributed by atoms with Crippen molar-refractivity contribution in [2.45, 2.75) is 90.6 Å². The Morgan fingerprint density at radius 1 is 0.952 bits per heavy atom. The van der Waals surface area contributed by atoms with E-state index in [1.165, 1.54) is 0 Å². The molecule has 3 atom stereocenters. The zero-order valence-electron chi connectivity index (χ0n) is 24.9. The van der Waals surface area contributed by atoms with Crippen molar-refractivity contribution < 1.29 is 28.4 Å². The summed E-state index contributed by atoms with van der Waals surface area (Å²) in [7, 11) is 0. The fourth-order valence-electron chi connectivity index (χ4n) is 5.75. The van der Waals surface area contributed by atoms with Crippen molar-refractivity contribution in [2.24, 2.45) is 17.3 Å². The van der Waals surface area contributed by atoms with E-state index < -0.39 is 41.5 Å². The normalized spacial score (nSPS) is 19.4. The van der Waals surface area contributed by atoms with Gasteiger partial charge in [0.15, 0.2) is 5.76 Å². The third kappa shape index (κ3) is 8.66. The molecule has 42 heavy (non-hydrogen) atoms. The largest absolute Gasteiger partial charge is 0.451 e. The van der Waals surface area contributed by atoms with Crippen molar-refractivity contribution >= 4 is 40.4 Å². The average molecular weight is 581 g/mol. The number of furan rings is 1. The molecule has 4 N–H and O–H groups in total. The first-order chi connectivity index (χ1) is 20.0. The summed E-state index contributed by atoms with van der Waals surface area (Å²) in [6.07, 6.45) is 6.87. The molecule has 10 heteroatoms. The van der Waals surface area contributed by atoms with Crippen molar-refractivity contribution in [2.75, 3.05) is 13.1 Å². The van der Waals surface area contributed by atoms with Gasteiger partial charge in [0, 0.05) is 24.4 Å². The topological polar surface area (TPSA) is 147 Å². The molecule has 2 fully saturated rings. The zero-order chi connectivity index (χ0) is 30.3. The van der Waals surface area contributed by atoms with E-state index in [-0.39, 0.29) is 36.0 Å². The first kappa shape index (κ1) is 31.3. The predicted molar refractivity (Wildman–Crippen MR) is 158 cm³/mol. The van der Waals surface area contributed by atoms with Crippen LogP contribution in [0.2, 0.25) is 0 Å². The summed E-state index contributed by atoms with van der Waals surface area (Å²) in [5, 5.41) is 11.8. The molecule has 0 radical (unpaired) electrons. The van der Waals surface area contributed by atoms with Crippen molar-refractivity contribution in [3.8, 4) is 0 Å². The lowest BCUT2D eigenvalue weighted by Gasteiger charge is -2.29. The monoisotopic (exact) mass is 580 g/mol. The Balaban J connectivity index is 1.53. The number of rotatable bonds is 11. The minimum atomic E-state index is -1.21. The lowest BCUT2D eigenvalue weighted by Crippen LogP contribution is -2.55. The average Bonchev–Trinajstić information content (AvgIpc) is 3.41. The molecule has 2 aliphatic rings. The van der Waals surface area contributed by atoms with Crippen LogP contribution >= 0.6 is 0 Å². The van der Waals surface area contributed by atoms with E-state index in [1.807, 2.05) is 39.0 Å². The standard InChI is InChI=1S/C32H44N4O6/c1-32(2,3)19-34-31(41)27(37)23(17-22-13-9-15-33-28(22)38)35-29(39)24(16-20-10-5-4-6-11-20)36-30(40)26-18-21-12-7-8-14-25(21)42-26/h7-8,12,14,18,20,22-24H,4-6,9-11,13,15-17,19H2,1-3H3,(H,33,38)(H,34,41)(H,35,39)(H,36,40)/t22-,23-,24-/m0/s1. The van der Waals surface area contributed by atoms with Crippen molar-refractivity contribution in [3.05, 3.63) is 36.1 Å². The molecule has 4 amide bonds. The number of amides is 4. The number of ketones is 1. The number of benzene rings is 1. The van der Waals surface area contributed by atoms with Gasteiger partial charge in [-0.15, -0.1) is 0 Å². The van der Waals surface area contributed by atoms with Crippen LogP contribution in [-0.2, 0) is 19.2 Å². The highest BCUT2D eigenvalue weighted by Gasteiger charge is 2.36. The van der Waals surface area contributed by atoms with Crippen LogP contribution in [0.3, 0.4) is 0 Å². The number of nitrogens with one attached hydrogen (secondary N) is 4. The molecular formula is C32H44N4O6. The van der Waals surface area contributed by atoms with Crippen LogP contribution in [0.25, 0.3) is 11.0 Å². The van der Waals surface area contributed by atoms with Crippen LogP contribution in [0.15, 0.2) is 34.7 Å². The molecule has 1 saturated heterocycles. The van der Waals surface area contributed by atoms with Gasteiger partial charge < -0.3 is 25.7 Å². The minimum absolute atomic E-state index is 0.00696. The van der Waals surface area contributed by atoms with Gasteiger partial charge in [0.25, 0.3) is 11.8 Å². The molecule has 228 valence electrons. The van der Waals surface area contributed by atoms with Crippen LogP contribution in [0.4, 0.5) is 0 Å². The molecule has 2 aromatic rings. The summed E-state index contributed by atoms with van der Waals surface area (Å²) in [6, 6.07) is 6.75. The van der Waals surface area contributed by atoms with Gasteiger partial charge in [-0.3, -0.25) is 24.0 Å². The Labute approximate surface area is 247 Å². The van der Waals surface area contributed by atoms with Gasteiger partial charge in [0.05, 0.1) is 6.04 Å². The lowest BCUT2D eigenvalue weighted by molar-refractivity contribution is -0.141. The summed E-state index contributed by atoms with van der Waals surface area (Å²) in [5.74, 6) is -3.06. The van der Waals surface area contributed by atoms with E-state index in [4.69, 9.17) is 4.42 Å². The fraction of sp³-hybridized carbons (Fsp3) is 0.594. The van der Waals surface area contributed by atoms with Crippen LogP contribution in [0, 0.1) is 17.3 Å². The van der Waals surface area contributed by atoms with Gasteiger partial charge in [0.2, 0.25) is 17.6 Å². The molecule has 1 aliphatic heterocycles. The molecule has 0 bridgehead atoms. The van der Waals surface area contributed by atoms with E-state index in [0.29, 0.717) is 25.0 Å². The number of hydrogen-bond acceptors (Lipinski definition) is 6. The first-order valence-corrected chi connectivity index (χ1v) is 15.2.